The van der Waals surface area contributed by atoms with Gasteiger partial charge >= 0.3 is 0 Å². The van der Waals surface area contributed by atoms with Crippen LogP contribution in [0.3, 0.4) is 0 Å². The Labute approximate surface area is 354 Å². The lowest BCUT2D eigenvalue weighted by molar-refractivity contribution is -0.134. The molecule has 1 aliphatic carbocycles. The van der Waals surface area contributed by atoms with Gasteiger partial charge in [-0.3, -0.25) is 34.4 Å². The molecule has 5 aliphatic rings. The van der Waals surface area contributed by atoms with Crippen LogP contribution in [0.4, 0.5) is 28.9 Å². The number of pyridine rings is 1. The molecule has 2 unspecified atom stereocenters. The van der Waals surface area contributed by atoms with Crippen molar-refractivity contribution >= 4 is 41.0 Å². The summed E-state index contributed by atoms with van der Waals surface area (Å²) in [5.74, 6) is -7.22. The molecule has 2 bridgehead atoms. The van der Waals surface area contributed by atoms with Crippen molar-refractivity contribution < 1.29 is 41.5 Å². The molecule has 18 heteroatoms. The molecule has 324 valence electrons. The zero-order valence-corrected chi connectivity index (χ0v) is 34.4. The number of nitrogens with one attached hydrogen (secondary N) is 2. The smallest absolute Gasteiger partial charge is 0.280 e. The molecule has 4 amide bonds. The molecule has 62 heavy (non-hydrogen) atoms. The van der Waals surface area contributed by atoms with Crippen molar-refractivity contribution in [2.24, 2.45) is 23.9 Å². The number of alkyl halides is 2. The molecule has 3 fully saturated rings. The standard InChI is InChI=1S/C44H45F4N9O5/c1-23-14-27-18-34(50-23)30-20-49-55(3)42(30)62-13-10-25-17-28(25)21-57-35-19-26(4-6-33(35)51-43(57)53-39(27)59)41(61)54(2)36-9-12-56(22-44(36,47)48)11-8-24-15-31(45)38(32(46)16-24)29-5-7-37(58)52-40(29)60/h4,6,14-16,18-20,25,28-29,36H,5,7-13,17,21-22H2,1-3H3,(H,51,53,59)(H,52,58,60)/t25?,28?,29-,36+/m1/s1. The zero-order valence-electron chi connectivity index (χ0n) is 34.4. The number of rotatable bonds is 6. The predicted molar refractivity (Wildman–Crippen MR) is 219 cm³/mol. The van der Waals surface area contributed by atoms with Gasteiger partial charge in [-0.2, -0.15) is 10.1 Å². The van der Waals surface area contributed by atoms with Gasteiger partial charge in [-0.05, 0) is 98.9 Å². The first-order chi connectivity index (χ1) is 29.6. The van der Waals surface area contributed by atoms with E-state index in [2.05, 4.69) is 25.7 Å². The molecule has 2 saturated heterocycles. The number of ether oxygens (including phenoxy) is 1. The lowest BCUT2D eigenvalue weighted by atomic mass is 9.89. The lowest BCUT2D eigenvalue weighted by Gasteiger charge is -2.42. The highest BCUT2D eigenvalue weighted by molar-refractivity contribution is 6.19. The number of halogens is 4. The van der Waals surface area contributed by atoms with Gasteiger partial charge < -0.3 is 19.9 Å². The number of amides is 4. The van der Waals surface area contributed by atoms with Crippen LogP contribution in [0, 0.1) is 30.4 Å². The first-order valence-electron chi connectivity index (χ1n) is 20.8. The van der Waals surface area contributed by atoms with E-state index < -0.39 is 65.3 Å². The summed E-state index contributed by atoms with van der Waals surface area (Å²) in [6.07, 6.45) is 3.35. The van der Waals surface area contributed by atoms with Gasteiger partial charge in [-0.1, -0.05) is 0 Å². The Morgan fingerprint density at radius 3 is 2.56 bits per heavy atom. The minimum absolute atomic E-state index is 0.0146. The molecule has 2 aromatic carbocycles. The van der Waals surface area contributed by atoms with Crippen LogP contribution in [0.15, 0.2) is 53.7 Å². The summed E-state index contributed by atoms with van der Waals surface area (Å²) < 4.78 is 69.9. The second-order valence-corrected chi connectivity index (χ2v) is 17.0. The number of benzene rings is 2. The summed E-state index contributed by atoms with van der Waals surface area (Å²) in [5.41, 5.74) is 3.37. The number of fused-ring (bicyclic) bond motifs is 8. The molecule has 2 aromatic heterocycles. The van der Waals surface area contributed by atoms with E-state index >= 15 is 17.6 Å². The van der Waals surface area contributed by atoms with Gasteiger partial charge in [0.15, 0.2) is 0 Å². The van der Waals surface area contributed by atoms with Crippen molar-refractivity contribution in [3.8, 4) is 17.1 Å². The van der Waals surface area contributed by atoms with Crippen LogP contribution in [-0.2, 0) is 23.1 Å². The van der Waals surface area contributed by atoms with Crippen LogP contribution in [-0.4, -0.2) is 106 Å². The van der Waals surface area contributed by atoms with Crippen LogP contribution >= 0.6 is 0 Å². The second-order valence-electron chi connectivity index (χ2n) is 17.0. The number of aromatic nitrogens is 3. The second kappa shape index (κ2) is 15.9. The third-order valence-corrected chi connectivity index (χ3v) is 12.7. The monoisotopic (exact) mass is 855 g/mol. The third kappa shape index (κ3) is 7.91. The van der Waals surface area contributed by atoms with Gasteiger partial charge in [0, 0.05) is 62.5 Å². The highest BCUT2D eigenvalue weighted by Gasteiger charge is 2.48. The number of aliphatic imine (C=N–C) groups is 1. The third-order valence-electron chi connectivity index (χ3n) is 12.7. The molecule has 4 aromatic rings. The Morgan fingerprint density at radius 2 is 1.81 bits per heavy atom. The summed E-state index contributed by atoms with van der Waals surface area (Å²) in [6.45, 7) is 2.37. The van der Waals surface area contributed by atoms with Crippen LogP contribution < -0.4 is 20.3 Å². The van der Waals surface area contributed by atoms with Crippen molar-refractivity contribution in [3.05, 3.63) is 88.2 Å². The number of imide groups is 1. The van der Waals surface area contributed by atoms with E-state index in [-0.39, 0.29) is 55.8 Å². The number of guanidine groups is 1. The van der Waals surface area contributed by atoms with Gasteiger partial charge in [-0.25, -0.2) is 22.2 Å². The maximum atomic E-state index is 15.9. The summed E-state index contributed by atoms with van der Waals surface area (Å²) in [7, 11) is 3.15. The molecule has 4 aliphatic heterocycles. The first-order valence-corrected chi connectivity index (χ1v) is 20.8. The molecule has 2 N–H and O–H groups in total. The van der Waals surface area contributed by atoms with Crippen LogP contribution in [0.2, 0.25) is 0 Å². The Bertz CT molecular complexity index is 2520. The maximum absolute atomic E-state index is 15.9. The normalized spacial score (nSPS) is 24.1. The van der Waals surface area contributed by atoms with Gasteiger partial charge in [0.05, 0.1) is 53.9 Å². The number of nitrogens with zero attached hydrogens (tertiary/aromatic N) is 7. The summed E-state index contributed by atoms with van der Waals surface area (Å²) in [4.78, 5) is 65.2. The van der Waals surface area contributed by atoms with Crippen molar-refractivity contribution in [2.75, 3.05) is 50.1 Å². The summed E-state index contributed by atoms with van der Waals surface area (Å²) in [5, 5.41) is 9.72. The van der Waals surface area contributed by atoms with Crippen molar-refractivity contribution in [1.29, 1.82) is 0 Å². The minimum Gasteiger partial charge on any atom is -0.477 e. The summed E-state index contributed by atoms with van der Waals surface area (Å²) in [6, 6.07) is 9.02. The van der Waals surface area contributed by atoms with E-state index in [1.165, 1.54) is 11.9 Å². The van der Waals surface area contributed by atoms with E-state index in [4.69, 9.17) is 4.74 Å². The number of hydrogen-bond donors (Lipinski definition) is 2. The topological polar surface area (TPSA) is 154 Å². The maximum Gasteiger partial charge on any atom is 0.280 e. The number of aryl methyl sites for hydroxylation is 2. The number of likely N-dealkylation sites (tertiary alicyclic amines) is 1. The molecule has 0 radical (unpaired) electrons. The van der Waals surface area contributed by atoms with Crippen LogP contribution in [0.1, 0.15) is 75.6 Å². The number of hydrogen-bond acceptors (Lipinski definition) is 10. The van der Waals surface area contributed by atoms with Crippen molar-refractivity contribution in [3.63, 3.8) is 0 Å². The number of carbonyl (C=O) groups excluding carboxylic acids is 4. The lowest BCUT2D eigenvalue weighted by Crippen LogP contribution is -2.58. The Balaban J connectivity index is 0.890. The SMILES string of the molecule is Cc1cc2cc(n1)-c1cnn(C)c1OCCC1CC1CN1/C(=N/C2=O)Nc2ccc(C(=O)N(C)[C@H]3CCN(CCc4cc(F)c([C@H]5CCC(=O)NC5=O)c(F)c4)CC3(F)F)cc21. The first kappa shape index (κ1) is 41.2. The van der Waals surface area contributed by atoms with Gasteiger partial charge in [0.25, 0.3) is 17.7 Å². The fourth-order valence-corrected chi connectivity index (χ4v) is 9.24. The molecule has 9 rings (SSSR count). The summed E-state index contributed by atoms with van der Waals surface area (Å²) >= 11 is 0. The number of carbonyl (C=O) groups is 4. The van der Waals surface area contributed by atoms with Crippen LogP contribution in [0.25, 0.3) is 11.3 Å². The Morgan fingerprint density at radius 1 is 1.02 bits per heavy atom. The quantitative estimate of drug-likeness (QED) is 0.189. The van der Waals surface area contributed by atoms with Gasteiger partial charge in [0.2, 0.25) is 23.7 Å². The number of anilines is 2. The Hall–Kier alpha value is -6.17. The van der Waals surface area contributed by atoms with Crippen LogP contribution in [0.5, 0.6) is 5.88 Å². The van der Waals surface area contributed by atoms with E-state index in [1.807, 2.05) is 4.90 Å². The number of piperidine rings is 2. The van der Waals surface area contributed by atoms with E-state index in [0.717, 1.165) is 29.9 Å². The molecule has 6 heterocycles. The van der Waals surface area contributed by atoms with E-state index in [9.17, 15) is 19.2 Å². The van der Waals surface area contributed by atoms with Crippen molar-refractivity contribution in [2.45, 2.75) is 63.3 Å². The molecule has 4 atom stereocenters. The molecule has 0 spiro atoms. The van der Waals surface area contributed by atoms with Gasteiger partial charge in [-0.15, -0.1) is 0 Å². The molecule has 14 nitrogen and oxygen atoms in total. The van der Waals surface area contributed by atoms with Gasteiger partial charge in [0.1, 0.15) is 11.6 Å². The highest BCUT2D eigenvalue weighted by Crippen LogP contribution is 2.45. The molecular weight excluding hydrogens is 811 g/mol. The average molecular weight is 856 g/mol. The minimum atomic E-state index is -3.31. The van der Waals surface area contributed by atoms with E-state index in [0.29, 0.717) is 64.8 Å². The largest absolute Gasteiger partial charge is 0.477 e. The van der Waals surface area contributed by atoms with E-state index in [1.54, 1.807) is 55.2 Å². The predicted octanol–water partition coefficient (Wildman–Crippen LogP) is 5.46. The average Bonchev–Trinajstić information content (AvgIpc) is 3.73. The molecule has 1 saturated carbocycles. The highest BCUT2D eigenvalue weighted by atomic mass is 19.3. The molecular formula is C44H45F4N9O5. The fraction of sp³-hybridized carbons (Fsp3) is 0.432. The Kier molecular flexibility index (Phi) is 10.6. The fourth-order valence-electron chi connectivity index (χ4n) is 9.24. The van der Waals surface area contributed by atoms with Crippen molar-refractivity contribution in [1.82, 2.24) is 29.9 Å². The zero-order chi connectivity index (χ0) is 43.6.